The highest BCUT2D eigenvalue weighted by Crippen LogP contribution is 2.28. The van der Waals surface area contributed by atoms with E-state index in [-0.39, 0.29) is 15.8 Å². The number of hydrogen-bond acceptors (Lipinski definition) is 4. The molecule has 0 aliphatic heterocycles. The standard InChI is InChI=1S/C20H20ClN3O3S/c1-3-24(4-2)28(26,27)19-13-16(9-10-17(19)21)23-20(25)15-8-7-14-6-5-11-22-18(14)12-15/h5-13H,3-4H2,1-2H3,(H,23,25). The van der Waals surface area contributed by atoms with Crippen LogP contribution in [0.4, 0.5) is 5.69 Å². The third-order valence-corrected chi connectivity index (χ3v) is 6.91. The van der Waals surface area contributed by atoms with Crippen molar-refractivity contribution in [3.8, 4) is 0 Å². The molecule has 1 heterocycles. The molecule has 0 bridgehead atoms. The number of pyridine rings is 1. The maximum absolute atomic E-state index is 12.8. The summed E-state index contributed by atoms with van der Waals surface area (Å²) in [5.74, 6) is -0.360. The number of anilines is 1. The number of carbonyl (C=O) groups excluding carboxylic acids is 1. The van der Waals surface area contributed by atoms with Gasteiger partial charge in [0.2, 0.25) is 10.0 Å². The van der Waals surface area contributed by atoms with E-state index in [9.17, 15) is 13.2 Å². The fourth-order valence-electron chi connectivity index (χ4n) is 2.89. The summed E-state index contributed by atoms with van der Waals surface area (Å²) in [6.07, 6.45) is 1.66. The number of benzene rings is 2. The lowest BCUT2D eigenvalue weighted by atomic mass is 10.1. The predicted octanol–water partition coefficient (Wildman–Crippen LogP) is 4.17. The van der Waals surface area contributed by atoms with Crippen LogP contribution in [-0.2, 0) is 10.0 Å². The van der Waals surface area contributed by atoms with E-state index in [1.807, 2.05) is 18.2 Å². The molecule has 0 atom stereocenters. The summed E-state index contributed by atoms with van der Waals surface area (Å²) >= 11 is 6.13. The number of nitrogens with zero attached hydrogens (tertiary/aromatic N) is 2. The van der Waals surface area contributed by atoms with Crippen LogP contribution in [0.3, 0.4) is 0 Å². The molecule has 1 N–H and O–H groups in total. The van der Waals surface area contributed by atoms with E-state index in [0.717, 1.165) is 5.39 Å². The number of aromatic nitrogens is 1. The molecule has 0 fully saturated rings. The van der Waals surface area contributed by atoms with Crippen molar-refractivity contribution in [1.82, 2.24) is 9.29 Å². The fraction of sp³-hybridized carbons (Fsp3) is 0.200. The van der Waals surface area contributed by atoms with Gasteiger partial charge in [0.05, 0.1) is 10.5 Å². The van der Waals surface area contributed by atoms with Crippen molar-refractivity contribution >= 4 is 44.1 Å². The SMILES string of the molecule is CCN(CC)S(=O)(=O)c1cc(NC(=O)c2ccc3cccnc3c2)ccc1Cl. The molecule has 28 heavy (non-hydrogen) atoms. The van der Waals surface area contributed by atoms with Crippen LogP contribution < -0.4 is 5.32 Å². The van der Waals surface area contributed by atoms with Crippen LogP contribution in [-0.4, -0.2) is 36.7 Å². The third-order valence-electron chi connectivity index (χ3n) is 4.38. The van der Waals surface area contributed by atoms with Gasteiger partial charge in [-0.3, -0.25) is 9.78 Å². The van der Waals surface area contributed by atoms with Crippen molar-refractivity contribution in [3.05, 3.63) is 65.3 Å². The van der Waals surface area contributed by atoms with Gasteiger partial charge in [0.15, 0.2) is 0 Å². The second-order valence-corrected chi connectivity index (χ2v) is 8.41. The van der Waals surface area contributed by atoms with E-state index in [0.29, 0.717) is 29.9 Å². The Bertz CT molecular complexity index is 1130. The Morgan fingerprint density at radius 2 is 1.86 bits per heavy atom. The van der Waals surface area contributed by atoms with Crippen LogP contribution in [0.5, 0.6) is 0 Å². The smallest absolute Gasteiger partial charge is 0.255 e. The molecule has 3 rings (SSSR count). The van der Waals surface area contributed by atoms with Gasteiger partial charge in [-0.25, -0.2) is 8.42 Å². The number of halogens is 1. The average molecular weight is 418 g/mol. The summed E-state index contributed by atoms with van der Waals surface area (Å²) in [5, 5.41) is 3.77. The monoisotopic (exact) mass is 417 g/mol. The van der Waals surface area contributed by atoms with Gasteiger partial charge in [-0.2, -0.15) is 4.31 Å². The molecular weight excluding hydrogens is 398 g/mol. The minimum atomic E-state index is -3.74. The molecule has 3 aromatic rings. The zero-order valence-electron chi connectivity index (χ0n) is 15.5. The first kappa shape index (κ1) is 20.3. The molecule has 6 nitrogen and oxygen atoms in total. The maximum atomic E-state index is 12.8. The molecule has 0 unspecified atom stereocenters. The van der Waals surface area contributed by atoms with Gasteiger partial charge in [-0.05, 0) is 36.4 Å². The van der Waals surface area contributed by atoms with Crippen molar-refractivity contribution in [1.29, 1.82) is 0 Å². The first-order chi connectivity index (χ1) is 13.4. The highest BCUT2D eigenvalue weighted by molar-refractivity contribution is 7.89. The van der Waals surface area contributed by atoms with Gasteiger partial charge < -0.3 is 5.32 Å². The zero-order valence-corrected chi connectivity index (χ0v) is 17.1. The van der Waals surface area contributed by atoms with E-state index in [4.69, 9.17) is 11.6 Å². The Balaban J connectivity index is 1.91. The normalized spacial score (nSPS) is 11.7. The van der Waals surface area contributed by atoms with E-state index in [2.05, 4.69) is 10.3 Å². The predicted molar refractivity (Wildman–Crippen MR) is 111 cm³/mol. The van der Waals surface area contributed by atoms with Crippen molar-refractivity contribution in [3.63, 3.8) is 0 Å². The topological polar surface area (TPSA) is 79.4 Å². The lowest BCUT2D eigenvalue weighted by Gasteiger charge is -2.19. The van der Waals surface area contributed by atoms with Crippen LogP contribution in [0.2, 0.25) is 5.02 Å². The minimum absolute atomic E-state index is 0.0316. The molecule has 1 aromatic heterocycles. The molecule has 0 saturated heterocycles. The number of sulfonamides is 1. The van der Waals surface area contributed by atoms with Crippen LogP contribution in [0.1, 0.15) is 24.2 Å². The fourth-order valence-corrected chi connectivity index (χ4v) is 4.85. The number of amides is 1. The van der Waals surface area contributed by atoms with Gasteiger partial charge in [-0.1, -0.05) is 37.6 Å². The first-order valence-electron chi connectivity index (χ1n) is 8.82. The summed E-state index contributed by atoms with van der Waals surface area (Å²) in [5.41, 5.74) is 1.48. The highest BCUT2D eigenvalue weighted by atomic mass is 35.5. The number of carbonyl (C=O) groups is 1. The van der Waals surface area contributed by atoms with Crippen molar-refractivity contribution in [2.24, 2.45) is 0 Å². The van der Waals surface area contributed by atoms with Crippen molar-refractivity contribution in [2.45, 2.75) is 18.7 Å². The zero-order chi connectivity index (χ0) is 20.3. The van der Waals surface area contributed by atoms with Gasteiger partial charge in [-0.15, -0.1) is 0 Å². The molecule has 0 aliphatic rings. The second kappa shape index (κ2) is 8.26. The summed E-state index contributed by atoms with van der Waals surface area (Å²) in [6.45, 7) is 4.17. The first-order valence-corrected chi connectivity index (χ1v) is 10.6. The van der Waals surface area contributed by atoms with E-state index in [1.54, 1.807) is 38.2 Å². The number of hydrogen-bond donors (Lipinski definition) is 1. The van der Waals surface area contributed by atoms with Gasteiger partial charge in [0.1, 0.15) is 4.90 Å². The molecule has 0 spiro atoms. The molecule has 8 heteroatoms. The molecule has 2 aromatic carbocycles. The molecule has 1 amide bonds. The van der Waals surface area contributed by atoms with E-state index >= 15 is 0 Å². The van der Waals surface area contributed by atoms with Crippen LogP contribution in [0.25, 0.3) is 10.9 Å². The second-order valence-electron chi connectivity index (χ2n) is 6.10. The Labute approximate surface area is 169 Å². The average Bonchev–Trinajstić information content (AvgIpc) is 2.69. The molecule has 146 valence electrons. The third kappa shape index (κ3) is 4.01. The summed E-state index contributed by atoms with van der Waals surface area (Å²) in [4.78, 5) is 16.8. The maximum Gasteiger partial charge on any atom is 0.255 e. The molecule has 0 radical (unpaired) electrons. The molecule has 0 aliphatic carbocycles. The van der Waals surface area contributed by atoms with Crippen molar-refractivity contribution < 1.29 is 13.2 Å². The number of fused-ring (bicyclic) bond motifs is 1. The lowest BCUT2D eigenvalue weighted by molar-refractivity contribution is 0.102. The lowest BCUT2D eigenvalue weighted by Crippen LogP contribution is -2.30. The highest BCUT2D eigenvalue weighted by Gasteiger charge is 2.25. The molecule has 0 saturated carbocycles. The van der Waals surface area contributed by atoms with E-state index in [1.165, 1.54) is 16.4 Å². The Morgan fingerprint density at radius 3 is 2.57 bits per heavy atom. The van der Waals surface area contributed by atoms with Crippen LogP contribution in [0, 0.1) is 0 Å². The van der Waals surface area contributed by atoms with Gasteiger partial charge >= 0.3 is 0 Å². The van der Waals surface area contributed by atoms with Crippen molar-refractivity contribution in [2.75, 3.05) is 18.4 Å². The summed E-state index contributed by atoms with van der Waals surface area (Å²) < 4.78 is 26.9. The van der Waals surface area contributed by atoms with Gasteiger partial charge in [0, 0.05) is 35.9 Å². The number of rotatable bonds is 6. The Hall–Kier alpha value is -2.48. The largest absolute Gasteiger partial charge is 0.322 e. The summed E-state index contributed by atoms with van der Waals surface area (Å²) in [6, 6.07) is 13.4. The van der Waals surface area contributed by atoms with Crippen LogP contribution >= 0.6 is 11.6 Å². The summed E-state index contributed by atoms with van der Waals surface area (Å²) in [7, 11) is -3.74. The van der Waals surface area contributed by atoms with E-state index < -0.39 is 10.0 Å². The van der Waals surface area contributed by atoms with Gasteiger partial charge in [0.25, 0.3) is 5.91 Å². The van der Waals surface area contributed by atoms with Crippen LogP contribution in [0.15, 0.2) is 59.6 Å². The number of nitrogens with one attached hydrogen (secondary N) is 1. The quantitative estimate of drug-likeness (QED) is 0.652. The molecular formula is C20H20ClN3O3S. The minimum Gasteiger partial charge on any atom is -0.322 e. The Kier molecular flexibility index (Phi) is 5.98. The Morgan fingerprint density at radius 1 is 1.11 bits per heavy atom.